The molecule has 0 spiro atoms. The van der Waals surface area contributed by atoms with Gasteiger partial charge in [0.25, 0.3) is 0 Å². The summed E-state index contributed by atoms with van der Waals surface area (Å²) in [6, 6.07) is 5.06. The van der Waals surface area contributed by atoms with Crippen LogP contribution >= 0.6 is 31.9 Å². The van der Waals surface area contributed by atoms with E-state index in [0.29, 0.717) is 5.92 Å². The number of hydrogen-bond acceptors (Lipinski definition) is 0. The zero-order valence-corrected chi connectivity index (χ0v) is 11.2. The third-order valence-electron chi connectivity index (χ3n) is 2.11. The Bertz CT molecular complexity index is 279. The normalized spacial score (nSPS) is 12.9. The predicted molar refractivity (Wildman–Crippen MR) is 65.4 cm³/mol. The summed E-state index contributed by atoms with van der Waals surface area (Å²) in [5, 5.41) is 1.00. The fraction of sp³-hybridized carbons (Fsp3) is 0.455. The van der Waals surface area contributed by atoms with Gasteiger partial charge in [0.2, 0.25) is 0 Å². The zero-order valence-electron chi connectivity index (χ0n) is 8.06. The molecular formula is C11H13Br2F. The highest BCUT2D eigenvalue weighted by atomic mass is 79.9. The van der Waals surface area contributed by atoms with E-state index in [1.54, 1.807) is 6.07 Å². The summed E-state index contributed by atoms with van der Waals surface area (Å²) in [5.41, 5.74) is 1.06. The van der Waals surface area contributed by atoms with Crippen molar-refractivity contribution in [1.82, 2.24) is 0 Å². The molecule has 0 aliphatic heterocycles. The summed E-state index contributed by atoms with van der Waals surface area (Å²) in [7, 11) is 0. The molecule has 0 radical (unpaired) electrons. The van der Waals surface area contributed by atoms with Gasteiger partial charge in [0, 0.05) is 9.80 Å². The Morgan fingerprint density at radius 1 is 1.36 bits per heavy atom. The molecule has 1 aromatic rings. The SMILES string of the molecule is CC(CBr)CCc1cc(F)cc(Br)c1. The van der Waals surface area contributed by atoms with Gasteiger partial charge in [0.1, 0.15) is 5.82 Å². The van der Waals surface area contributed by atoms with Crippen LogP contribution in [0.25, 0.3) is 0 Å². The minimum absolute atomic E-state index is 0.166. The summed E-state index contributed by atoms with van der Waals surface area (Å²) in [6.45, 7) is 2.18. The van der Waals surface area contributed by atoms with Gasteiger partial charge >= 0.3 is 0 Å². The molecule has 14 heavy (non-hydrogen) atoms. The summed E-state index contributed by atoms with van der Waals surface area (Å²) in [6.07, 6.45) is 2.02. The van der Waals surface area contributed by atoms with Gasteiger partial charge < -0.3 is 0 Å². The van der Waals surface area contributed by atoms with E-state index in [0.717, 1.165) is 28.2 Å². The van der Waals surface area contributed by atoms with Crippen LogP contribution in [-0.2, 0) is 6.42 Å². The number of rotatable bonds is 4. The summed E-state index contributed by atoms with van der Waals surface area (Å²) < 4.78 is 13.8. The fourth-order valence-corrected chi connectivity index (χ4v) is 2.08. The molecule has 0 fully saturated rings. The number of halogens is 3. The first kappa shape index (κ1) is 12.2. The summed E-state index contributed by atoms with van der Waals surface area (Å²) in [4.78, 5) is 0. The monoisotopic (exact) mass is 322 g/mol. The number of hydrogen-bond donors (Lipinski definition) is 0. The van der Waals surface area contributed by atoms with Gasteiger partial charge in [-0.1, -0.05) is 38.8 Å². The van der Waals surface area contributed by atoms with Crippen molar-refractivity contribution in [2.75, 3.05) is 5.33 Å². The Morgan fingerprint density at radius 3 is 2.64 bits per heavy atom. The minimum Gasteiger partial charge on any atom is -0.207 e. The van der Waals surface area contributed by atoms with Crippen molar-refractivity contribution < 1.29 is 4.39 Å². The van der Waals surface area contributed by atoms with Crippen LogP contribution < -0.4 is 0 Å². The second-order valence-corrected chi connectivity index (χ2v) is 5.14. The molecule has 0 heterocycles. The second-order valence-electron chi connectivity index (χ2n) is 3.58. The lowest BCUT2D eigenvalue weighted by atomic mass is 10.0. The molecule has 1 unspecified atom stereocenters. The van der Waals surface area contributed by atoms with E-state index in [1.807, 2.05) is 6.07 Å². The molecule has 0 saturated carbocycles. The third-order valence-corrected chi connectivity index (χ3v) is 3.67. The number of aryl methyl sites for hydroxylation is 1. The van der Waals surface area contributed by atoms with E-state index in [4.69, 9.17) is 0 Å². The Morgan fingerprint density at radius 2 is 2.07 bits per heavy atom. The maximum atomic E-state index is 13.0. The summed E-state index contributed by atoms with van der Waals surface area (Å²) >= 11 is 6.72. The van der Waals surface area contributed by atoms with E-state index >= 15 is 0 Å². The van der Waals surface area contributed by atoms with Crippen LogP contribution in [0.1, 0.15) is 18.9 Å². The van der Waals surface area contributed by atoms with Crippen LogP contribution in [0.3, 0.4) is 0 Å². The zero-order chi connectivity index (χ0) is 10.6. The molecule has 0 nitrogen and oxygen atoms in total. The predicted octanol–water partition coefficient (Wildman–Crippen LogP) is 4.55. The van der Waals surface area contributed by atoms with E-state index in [2.05, 4.69) is 38.8 Å². The van der Waals surface area contributed by atoms with Crippen molar-refractivity contribution in [2.24, 2.45) is 5.92 Å². The molecule has 78 valence electrons. The van der Waals surface area contributed by atoms with Crippen molar-refractivity contribution in [2.45, 2.75) is 19.8 Å². The molecule has 0 aromatic heterocycles. The van der Waals surface area contributed by atoms with Gasteiger partial charge in [0.15, 0.2) is 0 Å². The molecular weight excluding hydrogens is 311 g/mol. The average Bonchev–Trinajstić information content (AvgIpc) is 2.12. The van der Waals surface area contributed by atoms with Gasteiger partial charge in [-0.2, -0.15) is 0 Å². The molecule has 0 aliphatic carbocycles. The summed E-state index contributed by atoms with van der Waals surface area (Å²) in [5.74, 6) is 0.470. The van der Waals surface area contributed by atoms with Crippen molar-refractivity contribution in [3.8, 4) is 0 Å². The average molecular weight is 324 g/mol. The molecule has 1 atom stereocenters. The van der Waals surface area contributed by atoms with Gasteiger partial charge in [-0.25, -0.2) is 4.39 Å². The standard InChI is InChI=1S/C11H13Br2F/c1-8(7-12)2-3-9-4-10(13)6-11(14)5-9/h4-6,8H,2-3,7H2,1H3. The van der Waals surface area contributed by atoms with E-state index in [1.165, 1.54) is 6.07 Å². The van der Waals surface area contributed by atoms with Gasteiger partial charge in [-0.3, -0.25) is 0 Å². The molecule has 1 aromatic carbocycles. The molecule has 0 saturated heterocycles. The molecule has 0 bridgehead atoms. The minimum atomic E-state index is -0.166. The van der Waals surface area contributed by atoms with Crippen molar-refractivity contribution in [3.63, 3.8) is 0 Å². The first-order chi connectivity index (χ1) is 6.61. The maximum Gasteiger partial charge on any atom is 0.124 e. The Hall–Kier alpha value is 0.110. The topological polar surface area (TPSA) is 0 Å². The second kappa shape index (κ2) is 5.86. The molecule has 1 rings (SSSR count). The highest BCUT2D eigenvalue weighted by Crippen LogP contribution is 2.18. The van der Waals surface area contributed by atoms with Gasteiger partial charge in [-0.05, 0) is 42.5 Å². The van der Waals surface area contributed by atoms with Crippen molar-refractivity contribution in [3.05, 3.63) is 34.1 Å². The molecule has 0 amide bonds. The van der Waals surface area contributed by atoms with Crippen LogP contribution in [-0.4, -0.2) is 5.33 Å². The molecule has 3 heteroatoms. The van der Waals surface area contributed by atoms with Gasteiger partial charge in [-0.15, -0.1) is 0 Å². The number of alkyl halides is 1. The lowest BCUT2D eigenvalue weighted by molar-refractivity contribution is 0.592. The van der Waals surface area contributed by atoms with Crippen LogP contribution in [0.5, 0.6) is 0 Å². The van der Waals surface area contributed by atoms with Crippen LogP contribution in [0.2, 0.25) is 0 Å². The van der Waals surface area contributed by atoms with Gasteiger partial charge in [0.05, 0.1) is 0 Å². The fourth-order valence-electron chi connectivity index (χ4n) is 1.25. The van der Waals surface area contributed by atoms with Crippen LogP contribution in [0.4, 0.5) is 4.39 Å². The molecule has 0 aliphatic rings. The quantitative estimate of drug-likeness (QED) is 0.713. The largest absolute Gasteiger partial charge is 0.207 e. The van der Waals surface area contributed by atoms with Crippen LogP contribution in [0.15, 0.2) is 22.7 Å². The van der Waals surface area contributed by atoms with E-state index in [-0.39, 0.29) is 5.82 Å². The highest BCUT2D eigenvalue weighted by Gasteiger charge is 2.03. The third kappa shape index (κ3) is 4.09. The van der Waals surface area contributed by atoms with Crippen molar-refractivity contribution in [1.29, 1.82) is 0 Å². The van der Waals surface area contributed by atoms with Crippen LogP contribution in [0, 0.1) is 11.7 Å². The van der Waals surface area contributed by atoms with E-state index in [9.17, 15) is 4.39 Å². The first-order valence-corrected chi connectivity index (χ1v) is 6.54. The van der Waals surface area contributed by atoms with Crippen molar-refractivity contribution >= 4 is 31.9 Å². The van der Waals surface area contributed by atoms with E-state index < -0.39 is 0 Å². The lowest BCUT2D eigenvalue weighted by Gasteiger charge is -2.07. The Labute approximate surface area is 101 Å². The lowest BCUT2D eigenvalue weighted by Crippen LogP contribution is -1.98. The Balaban J connectivity index is 2.58. The smallest absolute Gasteiger partial charge is 0.124 e. The first-order valence-electron chi connectivity index (χ1n) is 4.62. The maximum absolute atomic E-state index is 13.0. The highest BCUT2D eigenvalue weighted by molar-refractivity contribution is 9.10. The Kier molecular flexibility index (Phi) is 5.10. The number of benzene rings is 1. The molecule has 0 N–H and O–H groups in total.